The molecule has 0 amide bonds. The highest BCUT2D eigenvalue weighted by molar-refractivity contribution is 5.91. The number of carbonyl (C=O) groups excluding carboxylic acids is 1. The van der Waals surface area contributed by atoms with Crippen LogP contribution >= 0.6 is 0 Å². The van der Waals surface area contributed by atoms with Crippen molar-refractivity contribution in [2.75, 3.05) is 0 Å². The molecule has 0 atom stereocenters. The number of hydrogen-bond acceptors (Lipinski definition) is 3. The van der Waals surface area contributed by atoms with Gasteiger partial charge in [0.2, 0.25) is 0 Å². The Morgan fingerprint density at radius 3 is 2.40 bits per heavy atom. The number of hydrogen-bond donors (Lipinski definition) is 1. The van der Waals surface area contributed by atoms with Crippen molar-refractivity contribution in [2.24, 2.45) is 5.73 Å². The van der Waals surface area contributed by atoms with Crippen molar-refractivity contribution in [1.29, 1.82) is 0 Å². The minimum absolute atomic E-state index is 0.265. The lowest BCUT2D eigenvalue weighted by Crippen LogP contribution is -2.34. The van der Waals surface area contributed by atoms with Crippen LogP contribution in [0.15, 0.2) is 18.2 Å². The molecule has 3 heteroatoms. The van der Waals surface area contributed by atoms with Gasteiger partial charge in [-0.2, -0.15) is 0 Å². The summed E-state index contributed by atoms with van der Waals surface area (Å²) in [4.78, 5) is 12.3. The fourth-order valence-electron chi connectivity index (χ4n) is 3.00. The van der Waals surface area contributed by atoms with Crippen LogP contribution in [0, 0.1) is 6.92 Å². The van der Waals surface area contributed by atoms with E-state index in [2.05, 4.69) is 6.07 Å². The molecule has 0 heterocycles. The van der Waals surface area contributed by atoms with E-state index in [0.29, 0.717) is 5.56 Å². The molecular formula is C17H25NO2. The van der Waals surface area contributed by atoms with Crippen molar-refractivity contribution in [3.05, 3.63) is 34.9 Å². The van der Waals surface area contributed by atoms with Crippen LogP contribution in [0.4, 0.5) is 0 Å². The number of ether oxygens (including phenoxy) is 1. The lowest BCUT2D eigenvalue weighted by atomic mass is 9.84. The summed E-state index contributed by atoms with van der Waals surface area (Å²) >= 11 is 0. The monoisotopic (exact) mass is 275 g/mol. The molecule has 0 unspecified atom stereocenters. The summed E-state index contributed by atoms with van der Waals surface area (Å²) in [7, 11) is 0. The fraction of sp³-hybridized carbons (Fsp3) is 0.588. The van der Waals surface area contributed by atoms with Gasteiger partial charge < -0.3 is 10.5 Å². The van der Waals surface area contributed by atoms with E-state index in [9.17, 15) is 4.79 Å². The molecule has 1 aromatic rings. The van der Waals surface area contributed by atoms with Crippen molar-refractivity contribution in [1.82, 2.24) is 0 Å². The first-order valence-electron chi connectivity index (χ1n) is 7.35. The number of rotatable bonds is 2. The Morgan fingerprint density at radius 2 is 1.85 bits per heavy atom. The van der Waals surface area contributed by atoms with Gasteiger partial charge in [-0.15, -0.1) is 0 Å². The minimum atomic E-state index is -0.479. The molecule has 3 nitrogen and oxygen atoms in total. The third kappa shape index (κ3) is 3.04. The third-order valence-electron chi connectivity index (χ3n) is 3.98. The van der Waals surface area contributed by atoms with Gasteiger partial charge in [0.1, 0.15) is 5.60 Å². The van der Waals surface area contributed by atoms with E-state index >= 15 is 0 Å². The number of esters is 1. The van der Waals surface area contributed by atoms with Gasteiger partial charge in [-0.1, -0.05) is 25.0 Å². The normalized spacial score (nSPS) is 18.1. The predicted molar refractivity (Wildman–Crippen MR) is 80.7 cm³/mol. The number of benzene rings is 1. The molecule has 20 heavy (non-hydrogen) atoms. The standard InChI is InChI=1S/C17H25NO2/c1-12-13(15(19)20-16(2,3)4)8-7-9-14(12)17(18)10-5-6-11-17/h7-9H,5-6,10-11,18H2,1-4H3. The smallest absolute Gasteiger partial charge is 0.338 e. The van der Waals surface area contributed by atoms with Crippen LogP contribution in [0.25, 0.3) is 0 Å². The van der Waals surface area contributed by atoms with E-state index in [4.69, 9.17) is 10.5 Å². The van der Waals surface area contributed by atoms with E-state index in [-0.39, 0.29) is 11.5 Å². The molecule has 1 aliphatic carbocycles. The van der Waals surface area contributed by atoms with E-state index in [0.717, 1.165) is 36.8 Å². The van der Waals surface area contributed by atoms with Crippen LogP contribution in [0.2, 0.25) is 0 Å². The topological polar surface area (TPSA) is 52.3 Å². The SMILES string of the molecule is Cc1c(C(=O)OC(C)(C)C)cccc1C1(N)CCCC1. The van der Waals surface area contributed by atoms with Crippen LogP contribution in [-0.4, -0.2) is 11.6 Å². The first-order chi connectivity index (χ1) is 9.23. The molecule has 1 aliphatic rings. The Bertz CT molecular complexity index is 508. The summed E-state index contributed by atoms with van der Waals surface area (Å²) in [6, 6.07) is 5.79. The summed E-state index contributed by atoms with van der Waals surface area (Å²) in [6.45, 7) is 7.62. The maximum atomic E-state index is 12.3. The average Bonchev–Trinajstić information content (AvgIpc) is 2.75. The maximum absolute atomic E-state index is 12.3. The van der Waals surface area contributed by atoms with Gasteiger partial charge >= 0.3 is 5.97 Å². The molecule has 0 aliphatic heterocycles. The highest BCUT2D eigenvalue weighted by Crippen LogP contribution is 2.38. The van der Waals surface area contributed by atoms with Crippen molar-refractivity contribution in [3.63, 3.8) is 0 Å². The molecule has 0 bridgehead atoms. The molecule has 1 fully saturated rings. The average molecular weight is 275 g/mol. The highest BCUT2D eigenvalue weighted by Gasteiger charge is 2.33. The van der Waals surface area contributed by atoms with E-state index in [1.807, 2.05) is 39.8 Å². The predicted octanol–water partition coefficient (Wildman–Crippen LogP) is 3.68. The van der Waals surface area contributed by atoms with Crippen LogP contribution in [-0.2, 0) is 10.3 Å². The van der Waals surface area contributed by atoms with E-state index < -0.39 is 5.60 Å². The van der Waals surface area contributed by atoms with Crippen molar-refractivity contribution in [3.8, 4) is 0 Å². The molecule has 0 radical (unpaired) electrons. The van der Waals surface area contributed by atoms with Gasteiger partial charge in [0.15, 0.2) is 0 Å². The molecule has 0 aromatic heterocycles. The number of nitrogens with two attached hydrogens (primary N) is 1. The van der Waals surface area contributed by atoms with Crippen molar-refractivity contribution >= 4 is 5.97 Å². The molecule has 1 aromatic carbocycles. The third-order valence-corrected chi connectivity index (χ3v) is 3.98. The van der Waals surface area contributed by atoms with Gasteiger partial charge in [-0.3, -0.25) is 0 Å². The zero-order chi connectivity index (χ0) is 15.0. The lowest BCUT2D eigenvalue weighted by Gasteiger charge is -2.27. The quantitative estimate of drug-likeness (QED) is 0.838. The number of carbonyl (C=O) groups is 1. The second kappa shape index (κ2) is 5.21. The maximum Gasteiger partial charge on any atom is 0.338 e. The molecular weight excluding hydrogens is 250 g/mol. The molecule has 110 valence electrons. The van der Waals surface area contributed by atoms with Crippen LogP contribution in [0.5, 0.6) is 0 Å². The second-order valence-corrected chi connectivity index (χ2v) is 6.84. The van der Waals surface area contributed by atoms with Crippen LogP contribution in [0.1, 0.15) is 67.9 Å². The van der Waals surface area contributed by atoms with Crippen molar-refractivity contribution in [2.45, 2.75) is 64.5 Å². The summed E-state index contributed by atoms with van der Waals surface area (Å²) < 4.78 is 5.48. The Kier molecular flexibility index (Phi) is 3.92. The summed E-state index contributed by atoms with van der Waals surface area (Å²) in [5.41, 5.74) is 8.46. The zero-order valence-electron chi connectivity index (χ0n) is 13.0. The lowest BCUT2D eigenvalue weighted by molar-refractivity contribution is 0.00685. The summed E-state index contributed by atoms with van der Waals surface area (Å²) in [6.07, 6.45) is 4.30. The molecule has 1 saturated carbocycles. The Hall–Kier alpha value is -1.35. The van der Waals surface area contributed by atoms with Gasteiger partial charge in [-0.25, -0.2) is 4.79 Å². The largest absolute Gasteiger partial charge is 0.456 e. The highest BCUT2D eigenvalue weighted by atomic mass is 16.6. The molecule has 2 rings (SSSR count). The van der Waals surface area contributed by atoms with Gasteiger partial charge in [0.25, 0.3) is 0 Å². The summed E-state index contributed by atoms with van der Waals surface area (Å²) in [5, 5.41) is 0. The Balaban J connectivity index is 2.35. The van der Waals surface area contributed by atoms with Gasteiger partial charge in [-0.05, 0) is 57.7 Å². The van der Waals surface area contributed by atoms with Crippen molar-refractivity contribution < 1.29 is 9.53 Å². The fourth-order valence-corrected chi connectivity index (χ4v) is 3.00. The second-order valence-electron chi connectivity index (χ2n) is 6.84. The Labute approximate surface area is 121 Å². The zero-order valence-corrected chi connectivity index (χ0v) is 13.0. The van der Waals surface area contributed by atoms with Gasteiger partial charge in [0.05, 0.1) is 5.56 Å². The molecule has 0 spiro atoms. The molecule has 0 saturated heterocycles. The summed E-state index contributed by atoms with van der Waals surface area (Å²) in [5.74, 6) is -0.265. The first-order valence-corrected chi connectivity index (χ1v) is 7.35. The van der Waals surface area contributed by atoms with E-state index in [1.165, 1.54) is 0 Å². The minimum Gasteiger partial charge on any atom is -0.456 e. The van der Waals surface area contributed by atoms with Crippen LogP contribution in [0.3, 0.4) is 0 Å². The van der Waals surface area contributed by atoms with Crippen LogP contribution < -0.4 is 5.73 Å². The van der Waals surface area contributed by atoms with Gasteiger partial charge in [0, 0.05) is 5.54 Å². The first kappa shape index (κ1) is 15.0. The Morgan fingerprint density at radius 1 is 1.25 bits per heavy atom. The molecule has 2 N–H and O–H groups in total. The van der Waals surface area contributed by atoms with E-state index in [1.54, 1.807) is 0 Å².